The molecule has 0 aromatic heterocycles. The van der Waals surface area contributed by atoms with E-state index in [1.807, 2.05) is 6.92 Å². The lowest BCUT2D eigenvalue weighted by atomic mass is 9.44. The molecular weight excluding hydrogens is 312 g/mol. The molecule has 25 heavy (non-hydrogen) atoms. The minimum absolute atomic E-state index is 0.0843. The van der Waals surface area contributed by atoms with Gasteiger partial charge in [0, 0.05) is 11.8 Å². The molecule has 4 aliphatic rings. The van der Waals surface area contributed by atoms with E-state index in [1.165, 1.54) is 25.7 Å². The lowest BCUT2D eigenvalue weighted by molar-refractivity contribution is -0.158. The van der Waals surface area contributed by atoms with E-state index in [1.54, 1.807) is 0 Å². The fourth-order valence-corrected chi connectivity index (χ4v) is 8.12. The number of carboxylic acid groups (broad SMARTS) is 1. The van der Waals surface area contributed by atoms with Gasteiger partial charge in [-0.1, -0.05) is 20.8 Å². The Morgan fingerprint density at radius 2 is 1.84 bits per heavy atom. The summed E-state index contributed by atoms with van der Waals surface area (Å²) in [6.45, 7) is 6.59. The highest BCUT2D eigenvalue weighted by Crippen LogP contribution is 2.67. The Balaban J connectivity index is 1.64. The second-order valence-corrected chi connectivity index (χ2v) is 10.1. The zero-order chi connectivity index (χ0) is 18.0. The first kappa shape index (κ1) is 17.5. The van der Waals surface area contributed by atoms with Gasteiger partial charge in [0.25, 0.3) is 0 Å². The number of ketones is 1. The van der Waals surface area contributed by atoms with Gasteiger partial charge in [-0.05, 0) is 86.4 Å². The molecule has 0 aliphatic heterocycles. The molecule has 0 aromatic carbocycles. The van der Waals surface area contributed by atoms with Crippen molar-refractivity contribution >= 4 is 11.8 Å². The zero-order valence-electron chi connectivity index (χ0n) is 16.1. The maximum atomic E-state index is 13.0. The van der Waals surface area contributed by atoms with Crippen molar-refractivity contribution in [3.8, 4) is 0 Å². The molecule has 0 amide bonds. The number of hydrogen-bond donors (Lipinski definition) is 1. The Bertz CT molecular complexity index is 584. The Labute approximate surface area is 151 Å². The molecule has 0 aromatic rings. The standard InChI is InChI=1S/C22H34O3/c1-13(20(24)25)16-9-10-17-15-8-7-14-5-4-6-19(23)22(14,3)18(15)11-12-21(16,17)2/h13-18H,4-12H2,1-3H3,(H,24,25)/t13?,14?,15-,16+,17-,18-,21+,22-/m0/s1. The molecule has 0 bridgehead atoms. The van der Waals surface area contributed by atoms with Crippen molar-refractivity contribution in [3.05, 3.63) is 0 Å². The van der Waals surface area contributed by atoms with Crippen molar-refractivity contribution in [2.45, 2.75) is 78.6 Å². The average Bonchev–Trinajstić information content (AvgIpc) is 2.92. The van der Waals surface area contributed by atoms with Gasteiger partial charge in [-0.3, -0.25) is 9.59 Å². The molecule has 0 saturated heterocycles. The van der Waals surface area contributed by atoms with Crippen molar-refractivity contribution in [2.75, 3.05) is 0 Å². The van der Waals surface area contributed by atoms with Gasteiger partial charge in [0.1, 0.15) is 5.78 Å². The molecule has 4 fully saturated rings. The molecule has 0 spiro atoms. The van der Waals surface area contributed by atoms with E-state index in [-0.39, 0.29) is 16.7 Å². The molecule has 2 unspecified atom stereocenters. The van der Waals surface area contributed by atoms with Crippen LogP contribution in [0.15, 0.2) is 0 Å². The van der Waals surface area contributed by atoms with Crippen LogP contribution in [0.5, 0.6) is 0 Å². The summed E-state index contributed by atoms with van der Waals surface area (Å²) in [6, 6.07) is 0. The van der Waals surface area contributed by atoms with Gasteiger partial charge in [-0.15, -0.1) is 0 Å². The van der Waals surface area contributed by atoms with Crippen molar-refractivity contribution in [1.82, 2.24) is 0 Å². The van der Waals surface area contributed by atoms with Crippen LogP contribution in [0, 0.1) is 46.3 Å². The van der Waals surface area contributed by atoms with E-state index in [0.717, 1.165) is 32.1 Å². The molecule has 4 saturated carbocycles. The van der Waals surface area contributed by atoms with Crippen LogP contribution in [0.3, 0.4) is 0 Å². The zero-order valence-corrected chi connectivity index (χ0v) is 16.1. The van der Waals surface area contributed by atoms with Crippen molar-refractivity contribution in [3.63, 3.8) is 0 Å². The fraction of sp³-hybridized carbons (Fsp3) is 0.909. The largest absolute Gasteiger partial charge is 0.481 e. The van der Waals surface area contributed by atoms with Gasteiger partial charge in [-0.2, -0.15) is 0 Å². The van der Waals surface area contributed by atoms with E-state index < -0.39 is 5.97 Å². The van der Waals surface area contributed by atoms with Crippen LogP contribution >= 0.6 is 0 Å². The molecule has 8 atom stereocenters. The summed E-state index contributed by atoms with van der Waals surface area (Å²) in [5, 5.41) is 9.57. The van der Waals surface area contributed by atoms with Gasteiger partial charge in [-0.25, -0.2) is 0 Å². The smallest absolute Gasteiger partial charge is 0.306 e. The molecule has 1 N–H and O–H groups in total. The first-order valence-electron chi connectivity index (χ1n) is 10.6. The summed E-state index contributed by atoms with van der Waals surface area (Å²) in [4.78, 5) is 24.6. The summed E-state index contributed by atoms with van der Waals surface area (Å²) in [6.07, 6.45) is 10.1. The van der Waals surface area contributed by atoms with Crippen molar-refractivity contribution < 1.29 is 14.7 Å². The van der Waals surface area contributed by atoms with Gasteiger partial charge in [0.2, 0.25) is 0 Å². The monoisotopic (exact) mass is 346 g/mol. The molecule has 3 nitrogen and oxygen atoms in total. The number of rotatable bonds is 2. The number of carbonyl (C=O) groups excluding carboxylic acids is 1. The van der Waals surface area contributed by atoms with Crippen LogP contribution in [0.1, 0.15) is 78.6 Å². The van der Waals surface area contributed by atoms with Crippen LogP contribution < -0.4 is 0 Å². The molecule has 4 rings (SSSR count). The lowest BCUT2D eigenvalue weighted by Gasteiger charge is -2.59. The van der Waals surface area contributed by atoms with Crippen molar-refractivity contribution in [1.29, 1.82) is 0 Å². The van der Waals surface area contributed by atoms with E-state index in [0.29, 0.717) is 35.4 Å². The normalized spacial score (nSPS) is 50.5. The molecule has 0 heterocycles. The average molecular weight is 347 g/mol. The molecule has 0 radical (unpaired) electrons. The van der Waals surface area contributed by atoms with Gasteiger partial charge in [0.15, 0.2) is 0 Å². The third-order valence-corrected chi connectivity index (χ3v) is 9.53. The Hall–Kier alpha value is -0.860. The molecule has 3 heteroatoms. The van der Waals surface area contributed by atoms with Crippen LogP contribution in [-0.4, -0.2) is 16.9 Å². The summed E-state index contributed by atoms with van der Waals surface area (Å²) >= 11 is 0. The van der Waals surface area contributed by atoms with Gasteiger partial charge in [0.05, 0.1) is 5.92 Å². The quantitative estimate of drug-likeness (QED) is 0.771. The Morgan fingerprint density at radius 3 is 2.56 bits per heavy atom. The number of hydrogen-bond acceptors (Lipinski definition) is 2. The number of fused-ring (bicyclic) bond motifs is 5. The second-order valence-electron chi connectivity index (χ2n) is 10.1. The topological polar surface area (TPSA) is 54.4 Å². The van der Waals surface area contributed by atoms with Gasteiger partial charge >= 0.3 is 5.97 Å². The highest BCUT2D eigenvalue weighted by atomic mass is 16.4. The third kappa shape index (κ3) is 2.29. The second kappa shape index (κ2) is 5.82. The van der Waals surface area contributed by atoms with Crippen LogP contribution in [0.25, 0.3) is 0 Å². The molecule has 4 aliphatic carbocycles. The van der Waals surface area contributed by atoms with Crippen LogP contribution in [0.4, 0.5) is 0 Å². The highest BCUT2D eigenvalue weighted by molar-refractivity contribution is 5.86. The number of carboxylic acids is 1. The van der Waals surface area contributed by atoms with Gasteiger partial charge < -0.3 is 5.11 Å². The molecule has 140 valence electrons. The highest BCUT2D eigenvalue weighted by Gasteiger charge is 2.62. The van der Waals surface area contributed by atoms with Crippen LogP contribution in [0.2, 0.25) is 0 Å². The van der Waals surface area contributed by atoms with Crippen LogP contribution in [-0.2, 0) is 9.59 Å². The first-order chi connectivity index (χ1) is 11.8. The number of carbonyl (C=O) groups is 2. The number of Topliss-reactive ketones (excluding diaryl/α,β-unsaturated/α-hetero) is 1. The molecular formula is C22H34O3. The van der Waals surface area contributed by atoms with E-state index >= 15 is 0 Å². The fourth-order valence-electron chi connectivity index (χ4n) is 8.12. The summed E-state index contributed by atoms with van der Waals surface area (Å²) < 4.78 is 0. The predicted octanol–water partition coefficient (Wildman–Crippen LogP) is 4.94. The summed E-state index contributed by atoms with van der Waals surface area (Å²) in [7, 11) is 0. The maximum absolute atomic E-state index is 13.0. The Morgan fingerprint density at radius 1 is 1.08 bits per heavy atom. The third-order valence-electron chi connectivity index (χ3n) is 9.53. The summed E-state index contributed by atoms with van der Waals surface area (Å²) in [5.41, 5.74) is 0.0822. The first-order valence-corrected chi connectivity index (χ1v) is 10.6. The minimum Gasteiger partial charge on any atom is -0.481 e. The lowest BCUT2D eigenvalue weighted by Crippen LogP contribution is -2.56. The van der Waals surface area contributed by atoms with E-state index in [9.17, 15) is 14.7 Å². The van der Waals surface area contributed by atoms with E-state index in [4.69, 9.17) is 0 Å². The maximum Gasteiger partial charge on any atom is 0.306 e. The Kier molecular flexibility index (Phi) is 4.09. The number of aliphatic carboxylic acids is 1. The predicted molar refractivity (Wildman–Crippen MR) is 97.0 cm³/mol. The summed E-state index contributed by atoms with van der Waals surface area (Å²) in [5.74, 6) is 2.41. The van der Waals surface area contributed by atoms with Crippen molar-refractivity contribution in [2.24, 2.45) is 46.3 Å². The SMILES string of the molecule is CC(C(=O)O)[C@H]1CC[C@H]2[C@@H]3CCC4CCCC(=O)[C@]4(C)[C@H]3CC[C@]12C. The van der Waals surface area contributed by atoms with E-state index in [2.05, 4.69) is 13.8 Å². The minimum atomic E-state index is -0.632.